The number of aryl methyl sites for hydroxylation is 1. The van der Waals surface area contributed by atoms with Crippen molar-refractivity contribution in [3.63, 3.8) is 0 Å². The predicted molar refractivity (Wildman–Crippen MR) is 77.6 cm³/mol. The molecule has 1 aromatic rings. The average Bonchev–Trinajstić information content (AvgIpc) is 2.38. The zero-order valence-corrected chi connectivity index (χ0v) is 12.1. The van der Waals surface area contributed by atoms with Gasteiger partial charge in [-0.1, -0.05) is 0 Å². The van der Waals surface area contributed by atoms with E-state index in [0.717, 1.165) is 18.8 Å². The number of nitrogens with zero attached hydrogens (tertiary/aromatic N) is 3. The Balaban J connectivity index is 1.93. The van der Waals surface area contributed by atoms with Gasteiger partial charge in [-0.05, 0) is 26.1 Å². The Morgan fingerprint density at radius 1 is 1.65 bits per heavy atom. The number of ether oxygens (including phenoxy) is 1. The second kappa shape index (κ2) is 6.67. The van der Waals surface area contributed by atoms with E-state index < -0.39 is 0 Å². The molecule has 6 heteroatoms. The standard InChI is InChI=1S/C14H22N4O2/c1-11-7-12(3-4-16-11)18-5-6-20-13(9-18)8-17(2)10-14(15)19/h3-4,7,13H,5-6,8-10H2,1-2H3,(H2,15,19)/t13-/m1/s1. The van der Waals surface area contributed by atoms with Gasteiger partial charge in [0.15, 0.2) is 0 Å². The lowest BCUT2D eigenvalue weighted by atomic mass is 10.2. The summed E-state index contributed by atoms with van der Waals surface area (Å²) in [6, 6.07) is 4.10. The molecule has 0 unspecified atom stereocenters. The van der Waals surface area contributed by atoms with E-state index in [1.807, 2.05) is 31.1 Å². The lowest BCUT2D eigenvalue weighted by Crippen LogP contribution is -2.48. The molecule has 0 spiro atoms. The Bertz CT molecular complexity index is 466. The van der Waals surface area contributed by atoms with Gasteiger partial charge >= 0.3 is 0 Å². The summed E-state index contributed by atoms with van der Waals surface area (Å²) >= 11 is 0. The van der Waals surface area contributed by atoms with Gasteiger partial charge in [0.1, 0.15) is 0 Å². The lowest BCUT2D eigenvalue weighted by Gasteiger charge is -2.36. The number of anilines is 1. The van der Waals surface area contributed by atoms with Gasteiger partial charge in [0.05, 0.1) is 19.3 Å². The van der Waals surface area contributed by atoms with Crippen LogP contribution in [0.1, 0.15) is 5.69 Å². The molecule has 0 bridgehead atoms. The van der Waals surface area contributed by atoms with Gasteiger partial charge in [0.2, 0.25) is 5.91 Å². The number of aromatic nitrogens is 1. The summed E-state index contributed by atoms with van der Waals surface area (Å²) in [6.07, 6.45) is 1.91. The Labute approximate surface area is 119 Å². The Morgan fingerprint density at radius 3 is 3.15 bits per heavy atom. The van der Waals surface area contributed by atoms with Crippen molar-refractivity contribution < 1.29 is 9.53 Å². The number of carbonyl (C=O) groups excluding carboxylic acids is 1. The topological polar surface area (TPSA) is 71.7 Å². The van der Waals surface area contributed by atoms with Gasteiger partial charge in [-0.3, -0.25) is 14.7 Å². The van der Waals surface area contributed by atoms with Crippen molar-refractivity contribution in [2.75, 3.05) is 44.7 Å². The second-order valence-electron chi connectivity index (χ2n) is 5.26. The normalized spacial score (nSPS) is 19.4. The molecule has 2 N–H and O–H groups in total. The van der Waals surface area contributed by atoms with Crippen LogP contribution >= 0.6 is 0 Å². The summed E-state index contributed by atoms with van der Waals surface area (Å²) in [5.41, 5.74) is 7.38. The highest BCUT2D eigenvalue weighted by Gasteiger charge is 2.22. The molecule has 110 valence electrons. The maximum absolute atomic E-state index is 10.9. The number of hydrogen-bond donors (Lipinski definition) is 1. The number of nitrogens with two attached hydrogens (primary N) is 1. The average molecular weight is 278 g/mol. The van der Waals surface area contributed by atoms with Crippen molar-refractivity contribution in [2.24, 2.45) is 5.73 Å². The molecule has 0 radical (unpaired) electrons. The highest BCUT2D eigenvalue weighted by atomic mass is 16.5. The van der Waals surface area contributed by atoms with Crippen LogP contribution in [0.3, 0.4) is 0 Å². The summed E-state index contributed by atoms with van der Waals surface area (Å²) in [6.45, 7) is 5.32. The van der Waals surface area contributed by atoms with Gasteiger partial charge in [0.25, 0.3) is 0 Å². The first-order valence-electron chi connectivity index (χ1n) is 6.80. The zero-order valence-electron chi connectivity index (χ0n) is 12.1. The molecule has 1 saturated heterocycles. The fourth-order valence-corrected chi connectivity index (χ4v) is 2.47. The molecule has 20 heavy (non-hydrogen) atoms. The molecular weight excluding hydrogens is 256 g/mol. The van der Waals surface area contributed by atoms with Crippen molar-refractivity contribution in [1.82, 2.24) is 9.88 Å². The van der Waals surface area contributed by atoms with Crippen LogP contribution in [0.5, 0.6) is 0 Å². The smallest absolute Gasteiger partial charge is 0.231 e. The highest BCUT2D eigenvalue weighted by molar-refractivity contribution is 5.75. The SMILES string of the molecule is Cc1cc(N2CCO[C@H](CN(C)CC(N)=O)C2)ccn1. The van der Waals surface area contributed by atoms with E-state index in [1.54, 1.807) is 0 Å². The number of primary amides is 1. The quantitative estimate of drug-likeness (QED) is 0.821. The van der Waals surface area contributed by atoms with E-state index >= 15 is 0 Å². The maximum atomic E-state index is 10.9. The molecule has 0 saturated carbocycles. The minimum absolute atomic E-state index is 0.0848. The molecule has 1 aliphatic heterocycles. The second-order valence-corrected chi connectivity index (χ2v) is 5.26. The summed E-state index contributed by atoms with van der Waals surface area (Å²) in [4.78, 5) is 19.3. The van der Waals surface area contributed by atoms with Crippen LogP contribution in [-0.4, -0.2) is 61.7 Å². The van der Waals surface area contributed by atoms with Crippen LogP contribution in [-0.2, 0) is 9.53 Å². The van der Waals surface area contributed by atoms with Crippen molar-refractivity contribution in [1.29, 1.82) is 0 Å². The first kappa shape index (κ1) is 14.7. The molecule has 1 amide bonds. The molecule has 0 aliphatic carbocycles. The van der Waals surface area contributed by atoms with Crippen molar-refractivity contribution >= 4 is 11.6 Å². The van der Waals surface area contributed by atoms with Crippen molar-refractivity contribution in [3.8, 4) is 0 Å². The van der Waals surface area contributed by atoms with Crippen LogP contribution in [0, 0.1) is 6.92 Å². The maximum Gasteiger partial charge on any atom is 0.231 e. The zero-order chi connectivity index (χ0) is 14.5. The van der Waals surface area contributed by atoms with Crippen molar-refractivity contribution in [3.05, 3.63) is 24.0 Å². The molecule has 1 atom stereocenters. The van der Waals surface area contributed by atoms with Gasteiger partial charge in [-0.25, -0.2) is 0 Å². The molecule has 2 heterocycles. The predicted octanol–water partition coefficient (Wildman–Crippen LogP) is 0.0123. The molecule has 1 aliphatic rings. The van der Waals surface area contributed by atoms with E-state index in [-0.39, 0.29) is 18.6 Å². The molecule has 6 nitrogen and oxygen atoms in total. The Morgan fingerprint density at radius 2 is 2.45 bits per heavy atom. The van der Waals surface area contributed by atoms with E-state index in [4.69, 9.17) is 10.5 Å². The fraction of sp³-hybridized carbons (Fsp3) is 0.571. The summed E-state index contributed by atoms with van der Waals surface area (Å²) in [5.74, 6) is -0.315. The highest BCUT2D eigenvalue weighted by Crippen LogP contribution is 2.18. The number of likely N-dealkylation sites (N-methyl/N-ethyl adjacent to an activating group) is 1. The van der Waals surface area contributed by atoms with Crippen LogP contribution < -0.4 is 10.6 Å². The number of pyridine rings is 1. The Kier molecular flexibility index (Phi) is 4.92. The van der Waals surface area contributed by atoms with Gasteiger partial charge in [-0.15, -0.1) is 0 Å². The number of rotatable bonds is 5. The summed E-state index contributed by atoms with van der Waals surface area (Å²) < 4.78 is 5.76. The van der Waals surface area contributed by atoms with Gasteiger partial charge < -0.3 is 15.4 Å². The summed E-state index contributed by atoms with van der Waals surface area (Å²) in [5, 5.41) is 0. The fourth-order valence-electron chi connectivity index (χ4n) is 2.47. The first-order chi connectivity index (χ1) is 9.54. The summed E-state index contributed by atoms with van der Waals surface area (Å²) in [7, 11) is 1.88. The molecular formula is C14H22N4O2. The molecule has 1 fully saturated rings. The third-order valence-corrected chi connectivity index (χ3v) is 3.33. The van der Waals surface area contributed by atoms with Crippen LogP contribution in [0.25, 0.3) is 0 Å². The number of hydrogen-bond acceptors (Lipinski definition) is 5. The third-order valence-electron chi connectivity index (χ3n) is 3.33. The van der Waals surface area contributed by atoms with Crippen molar-refractivity contribution in [2.45, 2.75) is 13.0 Å². The van der Waals surface area contributed by atoms with E-state index in [2.05, 4.69) is 16.0 Å². The largest absolute Gasteiger partial charge is 0.373 e. The Hall–Kier alpha value is -1.66. The van der Waals surface area contributed by atoms with E-state index in [1.165, 1.54) is 5.69 Å². The van der Waals surface area contributed by atoms with Crippen LogP contribution in [0.2, 0.25) is 0 Å². The van der Waals surface area contributed by atoms with Crippen LogP contribution in [0.15, 0.2) is 18.3 Å². The van der Waals surface area contributed by atoms with Gasteiger partial charge in [-0.2, -0.15) is 0 Å². The molecule has 0 aromatic carbocycles. The molecule has 2 rings (SSSR count). The van der Waals surface area contributed by atoms with Gasteiger partial charge in [0, 0.05) is 37.2 Å². The molecule has 1 aromatic heterocycles. The minimum atomic E-state index is -0.315. The van der Waals surface area contributed by atoms with Crippen LogP contribution in [0.4, 0.5) is 5.69 Å². The number of morpholine rings is 1. The number of carbonyl (C=O) groups is 1. The first-order valence-corrected chi connectivity index (χ1v) is 6.80. The third kappa shape index (κ3) is 4.18. The lowest BCUT2D eigenvalue weighted by molar-refractivity contribution is -0.119. The minimum Gasteiger partial charge on any atom is -0.373 e. The van der Waals surface area contributed by atoms with E-state index in [0.29, 0.717) is 13.2 Å². The van der Waals surface area contributed by atoms with E-state index in [9.17, 15) is 4.79 Å². The monoisotopic (exact) mass is 278 g/mol. The number of amides is 1.